The third-order valence-electron chi connectivity index (χ3n) is 2.67. The average Bonchev–Trinajstić information content (AvgIpc) is 2.34. The molecule has 0 heterocycles. The Morgan fingerprint density at radius 2 is 1.65 bits per heavy atom. The van der Waals surface area contributed by atoms with Gasteiger partial charge in [-0.25, -0.2) is 0 Å². The predicted octanol–water partition coefficient (Wildman–Crippen LogP) is 3.21. The van der Waals surface area contributed by atoms with Crippen molar-refractivity contribution in [3.63, 3.8) is 0 Å². The van der Waals surface area contributed by atoms with Gasteiger partial charge in [-0.3, -0.25) is 0 Å². The van der Waals surface area contributed by atoms with E-state index in [4.69, 9.17) is 17.3 Å². The maximum absolute atomic E-state index is 9.55. The van der Waals surface area contributed by atoms with Crippen LogP contribution in [0.1, 0.15) is 5.56 Å². The van der Waals surface area contributed by atoms with Gasteiger partial charge in [0.05, 0.1) is 5.02 Å². The molecule has 0 aliphatic carbocycles. The molecule has 2 aromatic rings. The molecule has 0 saturated heterocycles. The Morgan fingerprint density at radius 1 is 1.00 bits per heavy atom. The first-order chi connectivity index (χ1) is 8.20. The summed E-state index contributed by atoms with van der Waals surface area (Å²) in [6.45, 7) is 0.654. The van der Waals surface area contributed by atoms with Crippen LogP contribution in [0.2, 0.25) is 5.02 Å². The maximum atomic E-state index is 9.55. The minimum atomic E-state index is 0.107. The van der Waals surface area contributed by atoms with Crippen molar-refractivity contribution in [2.45, 2.75) is 6.42 Å². The summed E-state index contributed by atoms with van der Waals surface area (Å²) in [6, 6.07) is 13.4. The summed E-state index contributed by atoms with van der Waals surface area (Å²) in [5.41, 5.74) is 8.72. The van der Waals surface area contributed by atoms with Crippen molar-refractivity contribution in [2.24, 2.45) is 5.73 Å². The number of rotatable bonds is 3. The van der Waals surface area contributed by atoms with Gasteiger partial charge in [-0.15, -0.1) is 0 Å². The highest BCUT2D eigenvalue weighted by Gasteiger charge is 2.02. The van der Waals surface area contributed by atoms with Crippen molar-refractivity contribution < 1.29 is 5.11 Å². The Bertz CT molecular complexity index is 508. The second-order valence-electron chi connectivity index (χ2n) is 3.90. The van der Waals surface area contributed by atoms with Gasteiger partial charge in [0.25, 0.3) is 0 Å². The lowest BCUT2D eigenvalue weighted by atomic mass is 10.0. The Hall–Kier alpha value is -1.51. The summed E-state index contributed by atoms with van der Waals surface area (Å²) in [4.78, 5) is 0. The number of hydrogen-bond donors (Lipinski definition) is 2. The van der Waals surface area contributed by atoms with Gasteiger partial charge < -0.3 is 10.8 Å². The van der Waals surface area contributed by atoms with Gasteiger partial charge in [0, 0.05) is 0 Å². The Kier molecular flexibility index (Phi) is 3.67. The first-order valence-corrected chi connectivity index (χ1v) is 5.86. The molecule has 0 atom stereocenters. The largest absolute Gasteiger partial charge is 0.506 e. The zero-order valence-corrected chi connectivity index (χ0v) is 10.1. The summed E-state index contributed by atoms with van der Waals surface area (Å²) in [7, 11) is 0. The van der Waals surface area contributed by atoms with Gasteiger partial charge in [0.2, 0.25) is 0 Å². The highest BCUT2D eigenvalue weighted by molar-refractivity contribution is 6.32. The quantitative estimate of drug-likeness (QED) is 0.875. The van der Waals surface area contributed by atoms with E-state index in [-0.39, 0.29) is 5.75 Å². The number of phenolic OH excluding ortho intramolecular Hbond substituents is 1. The van der Waals surface area contributed by atoms with Crippen LogP contribution in [-0.2, 0) is 6.42 Å². The van der Waals surface area contributed by atoms with E-state index in [1.807, 2.05) is 30.3 Å². The van der Waals surface area contributed by atoms with Crippen molar-refractivity contribution >= 4 is 11.6 Å². The van der Waals surface area contributed by atoms with Crippen LogP contribution >= 0.6 is 11.6 Å². The van der Waals surface area contributed by atoms with Crippen molar-refractivity contribution in [3.05, 3.63) is 53.1 Å². The van der Waals surface area contributed by atoms with Crippen LogP contribution in [0, 0.1) is 0 Å². The van der Waals surface area contributed by atoms with Gasteiger partial charge in [-0.1, -0.05) is 41.9 Å². The zero-order valence-electron chi connectivity index (χ0n) is 9.36. The minimum absolute atomic E-state index is 0.107. The number of aromatic hydroxyl groups is 1. The Labute approximate surface area is 106 Å². The van der Waals surface area contributed by atoms with E-state index >= 15 is 0 Å². The van der Waals surface area contributed by atoms with Gasteiger partial charge in [-0.2, -0.15) is 0 Å². The zero-order chi connectivity index (χ0) is 12.3. The van der Waals surface area contributed by atoms with Crippen LogP contribution < -0.4 is 5.73 Å². The van der Waals surface area contributed by atoms with E-state index in [1.165, 1.54) is 5.56 Å². The number of nitrogens with two attached hydrogens (primary N) is 1. The fourth-order valence-electron chi connectivity index (χ4n) is 1.72. The highest BCUT2D eigenvalue weighted by Crippen LogP contribution is 2.29. The summed E-state index contributed by atoms with van der Waals surface area (Å²) in [6.07, 6.45) is 0.881. The molecule has 0 spiro atoms. The Morgan fingerprint density at radius 3 is 2.24 bits per heavy atom. The molecule has 3 N–H and O–H groups in total. The molecule has 0 fully saturated rings. The molecule has 0 bridgehead atoms. The number of phenols is 1. The summed E-state index contributed by atoms with van der Waals surface area (Å²) >= 11 is 5.77. The monoisotopic (exact) mass is 247 g/mol. The van der Waals surface area contributed by atoms with Gasteiger partial charge in [-0.05, 0) is 41.8 Å². The van der Waals surface area contributed by atoms with Crippen molar-refractivity contribution in [1.29, 1.82) is 0 Å². The third kappa shape index (κ3) is 2.78. The third-order valence-corrected chi connectivity index (χ3v) is 2.99. The molecule has 0 aliphatic heterocycles. The maximum Gasteiger partial charge on any atom is 0.134 e. The molecular formula is C14H14ClNO. The van der Waals surface area contributed by atoms with E-state index < -0.39 is 0 Å². The summed E-state index contributed by atoms with van der Waals surface area (Å²) in [5.74, 6) is 0.107. The fourth-order valence-corrected chi connectivity index (χ4v) is 1.84. The fraction of sp³-hybridized carbons (Fsp3) is 0.143. The van der Waals surface area contributed by atoms with Crippen molar-refractivity contribution in [1.82, 2.24) is 0 Å². The molecule has 0 unspecified atom stereocenters. The van der Waals surface area contributed by atoms with Gasteiger partial charge in [0.15, 0.2) is 0 Å². The molecule has 2 rings (SSSR count). The van der Waals surface area contributed by atoms with Crippen molar-refractivity contribution in [3.8, 4) is 16.9 Å². The molecule has 0 saturated carbocycles. The van der Waals surface area contributed by atoms with E-state index in [1.54, 1.807) is 12.1 Å². The SMILES string of the molecule is NCCc1ccc(-c2ccc(Cl)c(O)c2)cc1. The van der Waals surface area contributed by atoms with Crippen LogP contribution in [0.25, 0.3) is 11.1 Å². The lowest BCUT2D eigenvalue weighted by Crippen LogP contribution is -2.02. The van der Waals surface area contributed by atoms with Gasteiger partial charge in [0.1, 0.15) is 5.75 Å². The minimum Gasteiger partial charge on any atom is -0.506 e. The average molecular weight is 248 g/mol. The lowest BCUT2D eigenvalue weighted by Gasteiger charge is -2.05. The molecule has 0 aliphatic rings. The molecular weight excluding hydrogens is 234 g/mol. The second kappa shape index (κ2) is 5.21. The molecule has 0 amide bonds. The summed E-state index contributed by atoms with van der Waals surface area (Å²) in [5, 5.41) is 9.92. The van der Waals surface area contributed by atoms with E-state index in [0.717, 1.165) is 17.5 Å². The van der Waals surface area contributed by atoms with Crippen LogP contribution in [0.15, 0.2) is 42.5 Å². The van der Waals surface area contributed by atoms with E-state index in [9.17, 15) is 5.11 Å². The molecule has 17 heavy (non-hydrogen) atoms. The molecule has 0 aromatic heterocycles. The first kappa shape index (κ1) is 12.0. The van der Waals surface area contributed by atoms with Crippen LogP contribution in [0.3, 0.4) is 0 Å². The topological polar surface area (TPSA) is 46.2 Å². The number of hydrogen-bond acceptors (Lipinski definition) is 2. The van der Waals surface area contributed by atoms with Crippen molar-refractivity contribution in [2.75, 3.05) is 6.54 Å². The molecule has 2 aromatic carbocycles. The molecule has 2 nitrogen and oxygen atoms in total. The normalized spacial score (nSPS) is 10.5. The Balaban J connectivity index is 2.30. The van der Waals surface area contributed by atoms with Crippen LogP contribution in [-0.4, -0.2) is 11.7 Å². The van der Waals surface area contributed by atoms with Crippen LogP contribution in [0.4, 0.5) is 0 Å². The lowest BCUT2D eigenvalue weighted by molar-refractivity contribution is 0.476. The molecule has 88 valence electrons. The molecule has 0 radical (unpaired) electrons. The second-order valence-corrected chi connectivity index (χ2v) is 4.31. The van der Waals surface area contributed by atoms with E-state index in [2.05, 4.69) is 0 Å². The number of benzene rings is 2. The predicted molar refractivity (Wildman–Crippen MR) is 71.3 cm³/mol. The standard InChI is InChI=1S/C14H14ClNO/c15-13-6-5-12(9-14(13)17)11-3-1-10(2-4-11)7-8-16/h1-6,9,17H,7-8,16H2. The molecule has 3 heteroatoms. The highest BCUT2D eigenvalue weighted by atomic mass is 35.5. The first-order valence-electron chi connectivity index (χ1n) is 5.48. The van der Waals surface area contributed by atoms with Crippen LogP contribution in [0.5, 0.6) is 5.75 Å². The van der Waals surface area contributed by atoms with Gasteiger partial charge >= 0.3 is 0 Å². The van der Waals surface area contributed by atoms with E-state index in [0.29, 0.717) is 11.6 Å². The summed E-state index contributed by atoms with van der Waals surface area (Å²) < 4.78 is 0. The smallest absolute Gasteiger partial charge is 0.134 e. The number of halogens is 1.